The maximum absolute atomic E-state index is 11.9. The van der Waals surface area contributed by atoms with Crippen molar-refractivity contribution in [2.75, 3.05) is 5.43 Å². The number of aromatic nitrogens is 2. The van der Waals surface area contributed by atoms with Crippen molar-refractivity contribution in [2.24, 2.45) is 11.8 Å². The lowest BCUT2D eigenvalue weighted by Crippen LogP contribution is -2.36. The maximum atomic E-state index is 11.9. The first-order valence-electron chi connectivity index (χ1n) is 5.80. The summed E-state index contributed by atoms with van der Waals surface area (Å²) in [6.07, 6.45) is 6.25. The summed E-state index contributed by atoms with van der Waals surface area (Å²) in [5.74, 6) is 5.99. The Labute approximate surface area is 100.0 Å². The molecule has 1 amide bonds. The van der Waals surface area contributed by atoms with Gasteiger partial charge in [0.2, 0.25) is 0 Å². The van der Waals surface area contributed by atoms with Crippen LogP contribution in [0, 0.1) is 5.92 Å². The molecule has 6 nitrogen and oxygen atoms in total. The van der Waals surface area contributed by atoms with E-state index in [1.54, 1.807) is 0 Å². The summed E-state index contributed by atoms with van der Waals surface area (Å²) in [6, 6.07) is 0.261. The average Bonchev–Trinajstić information content (AvgIpc) is 2.75. The zero-order chi connectivity index (χ0) is 12.3. The van der Waals surface area contributed by atoms with Crippen molar-refractivity contribution in [3.8, 4) is 0 Å². The Kier molecular flexibility index (Phi) is 3.53. The molecule has 2 atom stereocenters. The largest absolute Gasteiger partial charge is 0.348 e. The monoisotopic (exact) mass is 235 g/mol. The lowest BCUT2D eigenvalue weighted by atomic mass is 10.1. The van der Waals surface area contributed by atoms with Gasteiger partial charge in [-0.15, -0.1) is 0 Å². The molecule has 0 spiro atoms. The van der Waals surface area contributed by atoms with Crippen LogP contribution in [0.4, 0.5) is 5.82 Å². The highest BCUT2D eigenvalue weighted by Gasteiger charge is 2.25. The third kappa shape index (κ3) is 2.71. The van der Waals surface area contributed by atoms with E-state index in [9.17, 15) is 4.79 Å². The fourth-order valence-electron chi connectivity index (χ4n) is 2.12. The molecule has 17 heavy (non-hydrogen) atoms. The second-order valence-electron chi connectivity index (χ2n) is 4.42. The SMILES string of the molecule is CC1CCCC1NC(=O)c1cnc(NN)cn1. The van der Waals surface area contributed by atoms with Gasteiger partial charge in [-0.2, -0.15) is 0 Å². The Morgan fingerprint density at radius 1 is 1.41 bits per heavy atom. The standard InChI is InChI=1S/C11H17N5O/c1-7-3-2-4-8(7)15-11(17)9-5-14-10(16-12)6-13-9/h5-8H,2-4,12H2,1H3,(H,14,16)(H,15,17). The first kappa shape index (κ1) is 11.8. The van der Waals surface area contributed by atoms with E-state index in [4.69, 9.17) is 5.84 Å². The van der Waals surface area contributed by atoms with Crippen LogP contribution in [0.15, 0.2) is 12.4 Å². The average molecular weight is 235 g/mol. The number of anilines is 1. The number of hydrazine groups is 1. The van der Waals surface area contributed by atoms with E-state index in [-0.39, 0.29) is 11.9 Å². The summed E-state index contributed by atoms with van der Waals surface area (Å²) in [5, 5.41) is 2.99. The molecule has 1 aromatic heterocycles. The molecule has 92 valence electrons. The van der Waals surface area contributed by atoms with E-state index in [2.05, 4.69) is 27.6 Å². The van der Waals surface area contributed by atoms with Gasteiger partial charge in [0.05, 0.1) is 12.4 Å². The van der Waals surface area contributed by atoms with Crippen LogP contribution in [0.25, 0.3) is 0 Å². The highest BCUT2D eigenvalue weighted by Crippen LogP contribution is 2.24. The van der Waals surface area contributed by atoms with Gasteiger partial charge in [-0.1, -0.05) is 13.3 Å². The van der Waals surface area contributed by atoms with Crippen molar-refractivity contribution < 1.29 is 4.79 Å². The minimum Gasteiger partial charge on any atom is -0.348 e. The number of nitrogens with one attached hydrogen (secondary N) is 2. The minimum atomic E-state index is -0.167. The van der Waals surface area contributed by atoms with E-state index in [0.29, 0.717) is 17.4 Å². The first-order valence-corrected chi connectivity index (χ1v) is 5.80. The second kappa shape index (κ2) is 5.09. The fourth-order valence-corrected chi connectivity index (χ4v) is 2.12. The van der Waals surface area contributed by atoms with Crippen LogP contribution in [0.1, 0.15) is 36.7 Å². The number of carbonyl (C=O) groups is 1. The first-order chi connectivity index (χ1) is 8.20. The molecule has 1 aromatic rings. The molecule has 1 aliphatic rings. The molecule has 0 aromatic carbocycles. The summed E-state index contributed by atoms with van der Waals surface area (Å²) in [5.41, 5.74) is 2.69. The lowest BCUT2D eigenvalue weighted by Gasteiger charge is -2.16. The van der Waals surface area contributed by atoms with Crippen LogP contribution in [-0.2, 0) is 0 Å². The van der Waals surface area contributed by atoms with E-state index < -0.39 is 0 Å². The molecular weight excluding hydrogens is 218 g/mol. The topological polar surface area (TPSA) is 92.9 Å². The quantitative estimate of drug-likeness (QED) is 0.529. The fraction of sp³-hybridized carbons (Fsp3) is 0.545. The minimum absolute atomic E-state index is 0.167. The number of amides is 1. The highest BCUT2D eigenvalue weighted by atomic mass is 16.1. The number of nitrogen functional groups attached to an aromatic ring is 1. The summed E-state index contributed by atoms with van der Waals surface area (Å²) < 4.78 is 0. The Hall–Kier alpha value is -1.69. The smallest absolute Gasteiger partial charge is 0.271 e. The zero-order valence-corrected chi connectivity index (χ0v) is 9.81. The van der Waals surface area contributed by atoms with Gasteiger partial charge in [0, 0.05) is 6.04 Å². The molecule has 0 saturated heterocycles. The molecule has 1 fully saturated rings. The molecule has 0 bridgehead atoms. The molecule has 2 unspecified atom stereocenters. The van der Waals surface area contributed by atoms with Gasteiger partial charge >= 0.3 is 0 Å². The Morgan fingerprint density at radius 3 is 2.76 bits per heavy atom. The number of carbonyl (C=O) groups excluding carboxylic acids is 1. The van der Waals surface area contributed by atoms with Gasteiger partial charge in [-0.3, -0.25) is 4.79 Å². The van der Waals surface area contributed by atoms with Crippen molar-refractivity contribution in [1.29, 1.82) is 0 Å². The molecule has 1 heterocycles. The Bertz CT molecular complexity index is 391. The van der Waals surface area contributed by atoms with Gasteiger partial charge < -0.3 is 10.7 Å². The van der Waals surface area contributed by atoms with Gasteiger partial charge in [0.15, 0.2) is 5.82 Å². The van der Waals surface area contributed by atoms with Crippen LogP contribution >= 0.6 is 0 Å². The van der Waals surface area contributed by atoms with Gasteiger partial charge in [-0.25, -0.2) is 15.8 Å². The van der Waals surface area contributed by atoms with Crippen molar-refractivity contribution in [1.82, 2.24) is 15.3 Å². The molecule has 0 aliphatic heterocycles. The van der Waals surface area contributed by atoms with Crippen LogP contribution in [0.2, 0.25) is 0 Å². The predicted molar refractivity (Wildman–Crippen MR) is 64.1 cm³/mol. The van der Waals surface area contributed by atoms with Crippen molar-refractivity contribution in [2.45, 2.75) is 32.2 Å². The van der Waals surface area contributed by atoms with E-state index in [1.807, 2.05) is 0 Å². The highest BCUT2D eigenvalue weighted by molar-refractivity contribution is 5.92. The predicted octanol–water partition coefficient (Wildman–Crippen LogP) is 0.681. The molecule has 2 rings (SSSR count). The van der Waals surface area contributed by atoms with Gasteiger partial charge in [0.25, 0.3) is 5.91 Å². The number of hydrogen-bond donors (Lipinski definition) is 3. The molecular formula is C11H17N5O. The molecule has 4 N–H and O–H groups in total. The number of nitrogens with two attached hydrogens (primary N) is 1. The Balaban J connectivity index is 1.99. The Morgan fingerprint density at radius 2 is 2.24 bits per heavy atom. The van der Waals surface area contributed by atoms with E-state index >= 15 is 0 Å². The van der Waals surface area contributed by atoms with Crippen LogP contribution < -0.4 is 16.6 Å². The lowest BCUT2D eigenvalue weighted by molar-refractivity contribution is 0.0924. The summed E-state index contributed by atoms with van der Waals surface area (Å²) in [4.78, 5) is 19.8. The van der Waals surface area contributed by atoms with E-state index in [1.165, 1.54) is 25.2 Å². The normalized spacial score (nSPS) is 23.4. The van der Waals surface area contributed by atoms with E-state index in [0.717, 1.165) is 6.42 Å². The number of nitrogens with zero attached hydrogens (tertiary/aromatic N) is 2. The molecule has 1 aliphatic carbocycles. The zero-order valence-electron chi connectivity index (χ0n) is 9.81. The maximum Gasteiger partial charge on any atom is 0.271 e. The van der Waals surface area contributed by atoms with Gasteiger partial charge in [0.1, 0.15) is 5.69 Å². The number of rotatable bonds is 3. The van der Waals surface area contributed by atoms with Crippen LogP contribution in [0.3, 0.4) is 0 Å². The van der Waals surface area contributed by atoms with Crippen molar-refractivity contribution in [3.63, 3.8) is 0 Å². The van der Waals surface area contributed by atoms with Crippen LogP contribution in [-0.4, -0.2) is 21.9 Å². The third-order valence-electron chi connectivity index (χ3n) is 3.21. The van der Waals surface area contributed by atoms with Crippen molar-refractivity contribution in [3.05, 3.63) is 18.1 Å². The summed E-state index contributed by atoms with van der Waals surface area (Å²) in [7, 11) is 0. The molecule has 6 heteroatoms. The summed E-state index contributed by atoms with van der Waals surface area (Å²) >= 11 is 0. The van der Waals surface area contributed by atoms with Crippen LogP contribution in [0.5, 0.6) is 0 Å². The molecule has 0 radical (unpaired) electrons. The van der Waals surface area contributed by atoms with Crippen molar-refractivity contribution >= 4 is 11.7 Å². The second-order valence-corrected chi connectivity index (χ2v) is 4.42. The third-order valence-corrected chi connectivity index (χ3v) is 3.21. The summed E-state index contributed by atoms with van der Waals surface area (Å²) in [6.45, 7) is 2.16. The number of hydrogen-bond acceptors (Lipinski definition) is 5. The molecule has 1 saturated carbocycles. The van der Waals surface area contributed by atoms with Gasteiger partial charge in [-0.05, 0) is 18.8 Å².